The largest absolute Gasteiger partial charge is 0.335 e. The molecule has 2 amide bonds. The normalized spacial score (nSPS) is 26.3. The number of nitrogens with one attached hydrogen (secondary N) is 2. The van der Waals surface area contributed by atoms with Gasteiger partial charge in [-0.2, -0.15) is 0 Å². The summed E-state index contributed by atoms with van der Waals surface area (Å²) in [6, 6.07) is 9.82. The highest BCUT2D eigenvalue weighted by Crippen LogP contribution is 2.33. The van der Waals surface area contributed by atoms with Gasteiger partial charge in [-0.05, 0) is 42.7 Å². The number of benzene rings is 1. The minimum absolute atomic E-state index is 0.0825. The molecule has 0 saturated heterocycles. The van der Waals surface area contributed by atoms with Crippen molar-refractivity contribution in [3.8, 4) is 0 Å². The Bertz CT molecular complexity index is 430. The first-order valence-corrected chi connectivity index (χ1v) is 7.69. The third kappa shape index (κ3) is 3.99. The molecule has 110 valence electrons. The molecule has 3 nitrogen and oxygen atoms in total. The quantitative estimate of drug-likeness (QED) is 0.849. The van der Waals surface area contributed by atoms with Crippen LogP contribution in [-0.2, 0) is 0 Å². The van der Waals surface area contributed by atoms with Gasteiger partial charge < -0.3 is 10.6 Å². The molecule has 0 heterocycles. The molecule has 1 aliphatic carbocycles. The van der Waals surface area contributed by atoms with Gasteiger partial charge in [0.25, 0.3) is 0 Å². The second kappa shape index (κ2) is 6.78. The average Bonchev–Trinajstić information content (AvgIpc) is 2.39. The van der Waals surface area contributed by atoms with E-state index < -0.39 is 0 Å². The maximum atomic E-state index is 12.1. The summed E-state index contributed by atoms with van der Waals surface area (Å²) in [5.74, 6) is 1.91. The Morgan fingerprint density at radius 1 is 1.20 bits per heavy atom. The SMILES string of the molecule is CC(C)[C@@H]1CC[C@@H](C)CC1NC(=O)Nc1ccccc1. The van der Waals surface area contributed by atoms with Crippen LogP contribution >= 0.6 is 0 Å². The molecule has 0 aliphatic heterocycles. The summed E-state index contributed by atoms with van der Waals surface area (Å²) in [4.78, 5) is 12.1. The second-order valence-corrected chi connectivity index (χ2v) is 6.40. The lowest BCUT2D eigenvalue weighted by Crippen LogP contribution is -2.47. The highest BCUT2D eigenvalue weighted by atomic mass is 16.2. The number of carbonyl (C=O) groups is 1. The van der Waals surface area contributed by atoms with Crippen LogP contribution in [0.3, 0.4) is 0 Å². The lowest BCUT2D eigenvalue weighted by Gasteiger charge is -2.37. The van der Waals surface area contributed by atoms with E-state index in [4.69, 9.17) is 0 Å². The van der Waals surface area contributed by atoms with Crippen molar-refractivity contribution in [3.63, 3.8) is 0 Å². The zero-order chi connectivity index (χ0) is 14.5. The van der Waals surface area contributed by atoms with Gasteiger partial charge in [-0.15, -0.1) is 0 Å². The number of amides is 2. The third-order valence-electron chi connectivity index (χ3n) is 4.37. The van der Waals surface area contributed by atoms with Gasteiger partial charge >= 0.3 is 6.03 Å². The van der Waals surface area contributed by atoms with Crippen LogP contribution in [0.15, 0.2) is 30.3 Å². The van der Waals surface area contributed by atoms with Crippen LogP contribution < -0.4 is 10.6 Å². The number of urea groups is 1. The van der Waals surface area contributed by atoms with E-state index in [1.807, 2.05) is 30.3 Å². The van der Waals surface area contributed by atoms with Crippen LogP contribution in [0.25, 0.3) is 0 Å². The van der Waals surface area contributed by atoms with Gasteiger partial charge in [0.15, 0.2) is 0 Å². The third-order valence-corrected chi connectivity index (χ3v) is 4.37. The van der Waals surface area contributed by atoms with Gasteiger partial charge in [-0.25, -0.2) is 4.79 Å². The molecule has 0 spiro atoms. The van der Waals surface area contributed by atoms with Crippen molar-refractivity contribution in [2.75, 3.05) is 5.32 Å². The fourth-order valence-corrected chi connectivity index (χ4v) is 3.23. The number of anilines is 1. The van der Waals surface area contributed by atoms with Crippen molar-refractivity contribution >= 4 is 11.7 Å². The molecule has 0 aromatic heterocycles. The highest BCUT2D eigenvalue weighted by molar-refractivity contribution is 5.89. The molecule has 1 unspecified atom stereocenters. The van der Waals surface area contributed by atoms with Crippen LogP contribution in [0.5, 0.6) is 0 Å². The van der Waals surface area contributed by atoms with E-state index in [2.05, 4.69) is 31.4 Å². The topological polar surface area (TPSA) is 41.1 Å². The van der Waals surface area contributed by atoms with Crippen molar-refractivity contribution < 1.29 is 4.79 Å². The lowest BCUT2D eigenvalue weighted by atomic mass is 9.74. The summed E-state index contributed by atoms with van der Waals surface area (Å²) in [6.45, 7) is 6.79. The minimum atomic E-state index is -0.0825. The Balaban J connectivity index is 1.94. The van der Waals surface area contributed by atoms with Crippen molar-refractivity contribution in [2.24, 2.45) is 17.8 Å². The Kier molecular flexibility index (Phi) is 5.05. The van der Waals surface area contributed by atoms with Gasteiger partial charge in [-0.3, -0.25) is 0 Å². The average molecular weight is 274 g/mol. The Morgan fingerprint density at radius 2 is 1.90 bits per heavy atom. The lowest BCUT2D eigenvalue weighted by molar-refractivity contribution is 0.172. The molecule has 1 saturated carbocycles. The van der Waals surface area contributed by atoms with Gasteiger partial charge in [0.1, 0.15) is 0 Å². The van der Waals surface area contributed by atoms with Crippen LogP contribution in [0.2, 0.25) is 0 Å². The zero-order valence-corrected chi connectivity index (χ0v) is 12.7. The molecule has 1 fully saturated rings. The Morgan fingerprint density at radius 3 is 2.55 bits per heavy atom. The highest BCUT2D eigenvalue weighted by Gasteiger charge is 2.31. The molecule has 1 aromatic carbocycles. The summed E-state index contributed by atoms with van der Waals surface area (Å²) in [6.07, 6.45) is 3.58. The summed E-state index contributed by atoms with van der Waals surface area (Å²) in [5.41, 5.74) is 0.843. The van der Waals surface area contributed by atoms with E-state index in [1.54, 1.807) is 0 Å². The first-order chi connectivity index (χ1) is 9.56. The summed E-state index contributed by atoms with van der Waals surface area (Å²) in [5, 5.41) is 6.09. The fraction of sp³-hybridized carbons (Fsp3) is 0.588. The molecule has 3 heteroatoms. The maximum absolute atomic E-state index is 12.1. The molecule has 20 heavy (non-hydrogen) atoms. The van der Waals surface area contributed by atoms with E-state index in [9.17, 15) is 4.79 Å². The Hall–Kier alpha value is -1.51. The van der Waals surface area contributed by atoms with Crippen LogP contribution in [0.1, 0.15) is 40.0 Å². The molecule has 0 bridgehead atoms. The second-order valence-electron chi connectivity index (χ2n) is 6.40. The van der Waals surface area contributed by atoms with Crippen molar-refractivity contribution in [3.05, 3.63) is 30.3 Å². The molecule has 1 aromatic rings. The van der Waals surface area contributed by atoms with Crippen LogP contribution in [-0.4, -0.2) is 12.1 Å². The summed E-state index contributed by atoms with van der Waals surface area (Å²) < 4.78 is 0. The van der Waals surface area contributed by atoms with E-state index in [0.29, 0.717) is 23.8 Å². The minimum Gasteiger partial charge on any atom is -0.335 e. The molecule has 3 atom stereocenters. The Labute approximate surface area is 122 Å². The van der Waals surface area contributed by atoms with Gasteiger partial charge in [0.05, 0.1) is 0 Å². The smallest absolute Gasteiger partial charge is 0.319 e. The zero-order valence-electron chi connectivity index (χ0n) is 12.7. The molecule has 1 aliphatic rings. The summed E-state index contributed by atoms with van der Waals surface area (Å²) in [7, 11) is 0. The standard InChI is InChI=1S/C17H26N2O/c1-12(2)15-10-9-13(3)11-16(15)19-17(20)18-14-7-5-4-6-8-14/h4-8,12-13,15-16H,9-11H2,1-3H3,(H2,18,19,20)/t13-,15+,16?/m1/s1. The van der Waals surface area contributed by atoms with Crippen LogP contribution in [0.4, 0.5) is 10.5 Å². The van der Waals surface area contributed by atoms with E-state index in [0.717, 1.165) is 12.1 Å². The monoisotopic (exact) mass is 274 g/mol. The first kappa shape index (κ1) is 14.9. The summed E-state index contributed by atoms with van der Waals surface area (Å²) >= 11 is 0. The van der Waals surface area contributed by atoms with Gasteiger partial charge in [-0.1, -0.05) is 45.4 Å². The first-order valence-electron chi connectivity index (χ1n) is 7.69. The molecular formula is C17H26N2O. The predicted octanol–water partition coefficient (Wildman–Crippen LogP) is 4.27. The number of rotatable bonds is 3. The fourth-order valence-electron chi connectivity index (χ4n) is 3.23. The number of hydrogen-bond acceptors (Lipinski definition) is 1. The molecular weight excluding hydrogens is 248 g/mol. The van der Waals surface area contributed by atoms with Crippen molar-refractivity contribution in [1.82, 2.24) is 5.32 Å². The predicted molar refractivity (Wildman–Crippen MR) is 83.7 cm³/mol. The number of para-hydroxylation sites is 1. The molecule has 2 rings (SSSR count). The van der Waals surface area contributed by atoms with E-state index in [1.165, 1.54) is 12.8 Å². The van der Waals surface area contributed by atoms with Gasteiger partial charge in [0.2, 0.25) is 0 Å². The maximum Gasteiger partial charge on any atom is 0.319 e. The molecule has 2 N–H and O–H groups in total. The van der Waals surface area contributed by atoms with E-state index in [-0.39, 0.29) is 6.03 Å². The number of carbonyl (C=O) groups excluding carboxylic acids is 1. The van der Waals surface area contributed by atoms with Crippen molar-refractivity contribution in [2.45, 2.75) is 46.1 Å². The van der Waals surface area contributed by atoms with Gasteiger partial charge in [0, 0.05) is 11.7 Å². The van der Waals surface area contributed by atoms with E-state index >= 15 is 0 Å². The number of hydrogen-bond donors (Lipinski definition) is 2. The van der Waals surface area contributed by atoms with Crippen molar-refractivity contribution in [1.29, 1.82) is 0 Å². The molecule has 0 radical (unpaired) electrons. The van der Waals surface area contributed by atoms with Crippen LogP contribution in [0, 0.1) is 17.8 Å².